The van der Waals surface area contributed by atoms with Crippen LogP contribution in [0.3, 0.4) is 0 Å². The Morgan fingerprint density at radius 1 is 1.00 bits per heavy atom. The van der Waals surface area contributed by atoms with Gasteiger partial charge in [0.2, 0.25) is 0 Å². The maximum atomic E-state index is 10.9. The zero-order chi connectivity index (χ0) is 13.2. The van der Waals surface area contributed by atoms with Crippen LogP contribution in [0.25, 0.3) is 0 Å². The van der Waals surface area contributed by atoms with Crippen LogP contribution < -0.4 is 0 Å². The second-order valence-electron chi connectivity index (χ2n) is 6.85. The highest BCUT2D eigenvalue weighted by molar-refractivity contribution is 5.28. The molecular weight excluding hydrogens is 220 g/mol. The summed E-state index contributed by atoms with van der Waals surface area (Å²) in [6.45, 7) is 6.45. The number of hydrogen-bond acceptors (Lipinski definition) is 1. The maximum absolute atomic E-state index is 10.9. The molecule has 0 saturated heterocycles. The summed E-state index contributed by atoms with van der Waals surface area (Å²) in [6.07, 6.45) is 5.76. The molecule has 100 valence electrons. The van der Waals surface area contributed by atoms with Gasteiger partial charge in [0.1, 0.15) is 0 Å². The average molecular weight is 246 g/mol. The first-order valence-corrected chi connectivity index (χ1v) is 7.20. The van der Waals surface area contributed by atoms with Crippen LogP contribution in [0.5, 0.6) is 0 Å². The van der Waals surface area contributed by atoms with Gasteiger partial charge in [-0.25, -0.2) is 0 Å². The second kappa shape index (κ2) is 5.05. The van der Waals surface area contributed by atoms with Crippen molar-refractivity contribution >= 4 is 0 Å². The van der Waals surface area contributed by atoms with Crippen molar-refractivity contribution < 1.29 is 5.11 Å². The van der Waals surface area contributed by atoms with Gasteiger partial charge in [-0.1, -0.05) is 70.4 Å². The lowest BCUT2D eigenvalue weighted by molar-refractivity contribution is -0.0251. The Hall–Kier alpha value is -0.820. The summed E-state index contributed by atoms with van der Waals surface area (Å²) >= 11 is 0. The minimum atomic E-state index is -0.271. The van der Waals surface area contributed by atoms with Gasteiger partial charge in [0.05, 0.1) is 6.10 Å². The van der Waals surface area contributed by atoms with Gasteiger partial charge in [0.15, 0.2) is 0 Å². The molecule has 0 amide bonds. The van der Waals surface area contributed by atoms with Gasteiger partial charge in [-0.15, -0.1) is 0 Å². The monoisotopic (exact) mass is 246 g/mol. The van der Waals surface area contributed by atoms with Gasteiger partial charge in [-0.3, -0.25) is 0 Å². The van der Waals surface area contributed by atoms with Crippen LogP contribution >= 0.6 is 0 Å². The van der Waals surface area contributed by atoms with E-state index < -0.39 is 0 Å². The van der Waals surface area contributed by atoms with E-state index in [0.717, 1.165) is 12.8 Å². The summed E-state index contributed by atoms with van der Waals surface area (Å²) < 4.78 is 0. The van der Waals surface area contributed by atoms with Crippen LogP contribution in [0.2, 0.25) is 0 Å². The Morgan fingerprint density at radius 3 is 2.06 bits per heavy atom. The third-order valence-corrected chi connectivity index (χ3v) is 4.44. The first kappa shape index (κ1) is 13.6. The molecule has 1 N–H and O–H groups in total. The van der Waals surface area contributed by atoms with Gasteiger partial charge >= 0.3 is 0 Å². The highest BCUT2D eigenvalue weighted by Crippen LogP contribution is 2.46. The van der Waals surface area contributed by atoms with Gasteiger partial charge in [-0.05, 0) is 23.8 Å². The van der Waals surface area contributed by atoms with Crippen molar-refractivity contribution in [3.63, 3.8) is 0 Å². The van der Waals surface area contributed by atoms with Gasteiger partial charge in [0, 0.05) is 5.41 Å². The molecule has 1 aliphatic rings. The number of aliphatic hydroxyl groups is 1. The van der Waals surface area contributed by atoms with Crippen molar-refractivity contribution in [2.75, 3.05) is 0 Å². The fraction of sp³-hybridized carbons (Fsp3) is 0.647. The molecule has 1 fully saturated rings. The highest BCUT2D eigenvalue weighted by Gasteiger charge is 2.45. The van der Waals surface area contributed by atoms with Crippen LogP contribution in [0, 0.1) is 5.41 Å². The van der Waals surface area contributed by atoms with Gasteiger partial charge in [0.25, 0.3) is 0 Å². The van der Waals surface area contributed by atoms with Crippen molar-refractivity contribution in [1.29, 1.82) is 0 Å². The van der Waals surface area contributed by atoms with Gasteiger partial charge in [-0.2, -0.15) is 0 Å². The highest BCUT2D eigenvalue weighted by atomic mass is 16.3. The number of aliphatic hydroxyl groups excluding tert-OH is 1. The number of hydrogen-bond donors (Lipinski definition) is 1. The molecule has 1 saturated carbocycles. The third kappa shape index (κ3) is 2.47. The fourth-order valence-corrected chi connectivity index (χ4v) is 3.50. The molecule has 2 rings (SSSR count). The number of benzene rings is 1. The molecule has 0 aliphatic heterocycles. The normalized spacial score (nSPS) is 21.6. The lowest BCUT2D eigenvalue weighted by Gasteiger charge is -2.47. The zero-order valence-corrected chi connectivity index (χ0v) is 11.9. The Labute approximate surface area is 111 Å². The van der Waals surface area contributed by atoms with Crippen molar-refractivity contribution in [3.05, 3.63) is 35.9 Å². The molecule has 1 unspecified atom stereocenters. The molecule has 18 heavy (non-hydrogen) atoms. The molecule has 0 radical (unpaired) electrons. The van der Waals surface area contributed by atoms with Crippen molar-refractivity contribution in [1.82, 2.24) is 0 Å². The standard InChI is InChI=1S/C17H26O/c1-16(2,3)15(18)17(12-8-5-9-13-17)14-10-6-4-7-11-14/h4,6-7,10-11,15,18H,5,8-9,12-13H2,1-3H3. The van der Waals surface area contributed by atoms with E-state index in [9.17, 15) is 5.11 Å². The summed E-state index contributed by atoms with van der Waals surface area (Å²) in [5, 5.41) is 10.9. The van der Waals surface area contributed by atoms with E-state index in [1.165, 1.54) is 24.8 Å². The minimum Gasteiger partial charge on any atom is -0.392 e. The molecule has 1 atom stereocenters. The van der Waals surface area contributed by atoms with E-state index in [0.29, 0.717) is 0 Å². The largest absolute Gasteiger partial charge is 0.392 e. The fourth-order valence-electron chi connectivity index (χ4n) is 3.50. The predicted molar refractivity (Wildman–Crippen MR) is 76.7 cm³/mol. The first-order chi connectivity index (χ1) is 8.47. The van der Waals surface area contributed by atoms with Crippen LogP contribution in [0.1, 0.15) is 58.4 Å². The lowest BCUT2D eigenvalue weighted by atomic mass is 9.60. The molecule has 0 aromatic heterocycles. The predicted octanol–water partition coefficient (Wildman–Crippen LogP) is 4.30. The molecule has 1 aromatic rings. The molecular formula is C17H26O. The van der Waals surface area contributed by atoms with E-state index >= 15 is 0 Å². The maximum Gasteiger partial charge on any atom is 0.0684 e. The third-order valence-electron chi connectivity index (χ3n) is 4.44. The van der Waals surface area contributed by atoms with Gasteiger partial charge < -0.3 is 5.11 Å². The second-order valence-corrected chi connectivity index (χ2v) is 6.85. The van der Waals surface area contributed by atoms with Crippen molar-refractivity contribution in [2.24, 2.45) is 5.41 Å². The Morgan fingerprint density at radius 2 is 1.56 bits per heavy atom. The molecule has 0 spiro atoms. The zero-order valence-electron chi connectivity index (χ0n) is 11.9. The summed E-state index contributed by atoms with van der Waals surface area (Å²) in [5.74, 6) is 0. The topological polar surface area (TPSA) is 20.2 Å². The first-order valence-electron chi connectivity index (χ1n) is 7.20. The van der Waals surface area contributed by atoms with E-state index in [1.54, 1.807) is 0 Å². The summed E-state index contributed by atoms with van der Waals surface area (Å²) in [6, 6.07) is 10.6. The van der Waals surface area contributed by atoms with E-state index in [2.05, 4.69) is 51.1 Å². The minimum absolute atomic E-state index is 0.0300. The van der Waals surface area contributed by atoms with Crippen LogP contribution in [-0.2, 0) is 5.41 Å². The van der Waals surface area contributed by atoms with E-state index in [4.69, 9.17) is 0 Å². The molecule has 1 aromatic carbocycles. The molecule has 0 heterocycles. The summed E-state index contributed by atoms with van der Waals surface area (Å²) in [5.41, 5.74) is 1.23. The van der Waals surface area contributed by atoms with E-state index in [1.807, 2.05) is 0 Å². The van der Waals surface area contributed by atoms with E-state index in [-0.39, 0.29) is 16.9 Å². The average Bonchev–Trinajstić information content (AvgIpc) is 2.39. The Bertz CT molecular complexity index is 368. The smallest absolute Gasteiger partial charge is 0.0684 e. The quantitative estimate of drug-likeness (QED) is 0.825. The Balaban J connectivity index is 2.41. The number of rotatable bonds is 2. The summed E-state index contributed by atoms with van der Waals surface area (Å²) in [7, 11) is 0. The lowest BCUT2D eigenvalue weighted by Crippen LogP contribution is -2.48. The SMILES string of the molecule is CC(C)(C)C(O)C1(c2ccccc2)CCCCC1. The molecule has 1 nitrogen and oxygen atoms in total. The van der Waals surface area contributed by atoms with Crippen molar-refractivity contribution in [2.45, 2.75) is 64.4 Å². The van der Waals surface area contributed by atoms with Crippen LogP contribution in [-0.4, -0.2) is 11.2 Å². The van der Waals surface area contributed by atoms with Crippen LogP contribution in [0.4, 0.5) is 0 Å². The molecule has 1 aliphatic carbocycles. The molecule has 1 heteroatoms. The Kier molecular flexibility index (Phi) is 3.82. The molecule has 0 bridgehead atoms. The van der Waals surface area contributed by atoms with Crippen LogP contribution in [0.15, 0.2) is 30.3 Å². The summed E-state index contributed by atoms with van der Waals surface area (Å²) in [4.78, 5) is 0. The van der Waals surface area contributed by atoms with Crippen molar-refractivity contribution in [3.8, 4) is 0 Å².